The summed E-state index contributed by atoms with van der Waals surface area (Å²) < 4.78 is 0. The molecule has 14 heavy (non-hydrogen) atoms. The van der Waals surface area contributed by atoms with Crippen LogP contribution >= 0.6 is 0 Å². The summed E-state index contributed by atoms with van der Waals surface area (Å²) in [6.45, 7) is 6.72. The fourth-order valence-electron chi connectivity index (χ4n) is 0.678. The molecule has 0 aromatic heterocycles. The van der Waals surface area contributed by atoms with Crippen LogP contribution in [-0.4, -0.2) is 0 Å². The van der Waals surface area contributed by atoms with Crippen LogP contribution in [0.2, 0.25) is 0 Å². The molecule has 1 rings (SSSR count). The Morgan fingerprint density at radius 1 is 0.929 bits per heavy atom. The summed E-state index contributed by atoms with van der Waals surface area (Å²) in [5.41, 5.74) is 0.870. The monoisotopic (exact) mass is 182 g/mol. The third kappa shape index (κ3) is 3.90. The van der Waals surface area contributed by atoms with Gasteiger partial charge in [-0.15, -0.1) is 0 Å². The second-order valence-corrected chi connectivity index (χ2v) is 2.24. The summed E-state index contributed by atoms with van der Waals surface area (Å²) in [6.07, 6.45) is 3.28. The zero-order valence-electron chi connectivity index (χ0n) is 7.77. The van der Waals surface area contributed by atoms with Gasteiger partial charge in [0.1, 0.15) is 12.1 Å². The summed E-state index contributed by atoms with van der Waals surface area (Å²) in [7, 11) is 0. The molecule has 0 N–H and O–H groups in total. The maximum absolute atomic E-state index is 8.45. The van der Waals surface area contributed by atoms with Crippen molar-refractivity contribution in [2.45, 2.75) is 0 Å². The van der Waals surface area contributed by atoms with E-state index < -0.39 is 0 Å². The standard InChI is InChI=1S/C8H4N2.C4H6/c9-5-7-3-1-2-4-8(7)6-10;1-3-4-2/h1-4H;3-4H,1-2H2. The van der Waals surface area contributed by atoms with Crippen molar-refractivity contribution in [1.29, 1.82) is 10.5 Å². The van der Waals surface area contributed by atoms with Gasteiger partial charge < -0.3 is 0 Å². The average molecular weight is 182 g/mol. The van der Waals surface area contributed by atoms with E-state index in [0.717, 1.165) is 0 Å². The molecule has 0 aliphatic rings. The quantitative estimate of drug-likeness (QED) is 0.627. The van der Waals surface area contributed by atoms with E-state index in [0.29, 0.717) is 11.1 Å². The zero-order valence-corrected chi connectivity index (χ0v) is 7.77. The van der Waals surface area contributed by atoms with Crippen LogP contribution in [0.5, 0.6) is 0 Å². The molecule has 2 nitrogen and oxygen atoms in total. The summed E-state index contributed by atoms with van der Waals surface area (Å²) in [6, 6.07) is 10.6. The van der Waals surface area contributed by atoms with Crippen LogP contribution in [0.3, 0.4) is 0 Å². The number of hydrogen-bond acceptors (Lipinski definition) is 2. The second kappa shape index (κ2) is 7.34. The highest BCUT2D eigenvalue weighted by atomic mass is 14.3. The first-order chi connectivity index (χ1) is 6.79. The summed E-state index contributed by atoms with van der Waals surface area (Å²) in [5.74, 6) is 0. The number of allylic oxidation sites excluding steroid dienone is 2. The van der Waals surface area contributed by atoms with Crippen molar-refractivity contribution in [3.8, 4) is 12.1 Å². The predicted octanol–water partition coefficient (Wildman–Crippen LogP) is 2.79. The Morgan fingerprint density at radius 3 is 1.50 bits per heavy atom. The average Bonchev–Trinajstić information content (AvgIpc) is 2.29. The number of hydrogen-bond donors (Lipinski definition) is 0. The molecule has 1 aromatic rings. The van der Waals surface area contributed by atoms with Gasteiger partial charge in [0.2, 0.25) is 0 Å². The molecule has 0 heterocycles. The van der Waals surface area contributed by atoms with Crippen molar-refractivity contribution in [3.63, 3.8) is 0 Å². The zero-order chi connectivity index (χ0) is 10.8. The van der Waals surface area contributed by atoms with Crippen LogP contribution < -0.4 is 0 Å². The van der Waals surface area contributed by atoms with Crippen LogP contribution in [0.4, 0.5) is 0 Å². The summed E-state index contributed by atoms with van der Waals surface area (Å²) >= 11 is 0. The van der Waals surface area contributed by atoms with Gasteiger partial charge in [-0.1, -0.05) is 37.4 Å². The lowest BCUT2D eigenvalue weighted by Gasteiger charge is -1.88. The van der Waals surface area contributed by atoms with E-state index in [-0.39, 0.29) is 0 Å². The minimum atomic E-state index is 0.435. The molecule has 1 aromatic carbocycles. The highest BCUT2D eigenvalue weighted by Crippen LogP contribution is 2.03. The van der Waals surface area contributed by atoms with E-state index in [1.165, 1.54) is 0 Å². The molecule has 0 aliphatic carbocycles. The maximum Gasteiger partial charge on any atom is 0.101 e. The number of nitriles is 2. The van der Waals surface area contributed by atoms with Crippen LogP contribution in [0.25, 0.3) is 0 Å². The summed E-state index contributed by atoms with van der Waals surface area (Å²) in [5, 5.41) is 16.9. The number of benzene rings is 1. The van der Waals surface area contributed by atoms with Gasteiger partial charge in [0.05, 0.1) is 11.1 Å². The first-order valence-corrected chi connectivity index (χ1v) is 3.92. The van der Waals surface area contributed by atoms with Gasteiger partial charge in [0.25, 0.3) is 0 Å². The van der Waals surface area contributed by atoms with Crippen molar-refractivity contribution < 1.29 is 0 Å². The van der Waals surface area contributed by atoms with E-state index in [9.17, 15) is 0 Å². The molecule has 0 aliphatic heterocycles. The Labute approximate surface area is 84.0 Å². The van der Waals surface area contributed by atoms with Gasteiger partial charge >= 0.3 is 0 Å². The lowest BCUT2D eigenvalue weighted by molar-refractivity contribution is 1.43. The Bertz CT molecular complexity index is 353. The smallest absolute Gasteiger partial charge is 0.101 e. The third-order valence-electron chi connectivity index (χ3n) is 1.33. The van der Waals surface area contributed by atoms with Gasteiger partial charge in [0, 0.05) is 0 Å². The van der Waals surface area contributed by atoms with Crippen LogP contribution in [0.15, 0.2) is 49.6 Å². The molecule has 0 saturated heterocycles. The van der Waals surface area contributed by atoms with Crippen LogP contribution in [0.1, 0.15) is 11.1 Å². The highest BCUT2D eigenvalue weighted by molar-refractivity contribution is 5.44. The first kappa shape index (κ1) is 11.7. The van der Waals surface area contributed by atoms with Crippen molar-refractivity contribution in [2.75, 3.05) is 0 Å². The van der Waals surface area contributed by atoms with Gasteiger partial charge in [-0.05, 0) is 12.1 Å². The Balaban J connectivity index is 0.000000364. The minimum absolute atomic E-state index is 0.435. The minimum Gasteiger partial charge on any atom is -0.192 e. The van der Waals surface area contributed by atoms with E-state index in [4.69, 9.17) is 10.5 Å². The normalized spacial score (nSPS) is 7.00. The van der Waals surface area contributed by atoms with E-state index in [1.54, 1.807) is 36.4 Å². The Hall–Kier alpha value is -2.32. The fourth-order valence-corrected chi connectivity index (χ4v) is 0.678. The molecular formula is C12H10N2. The molecule has 0 fully saturated rings. The predicted molar refractivity (Wildman–Crippen MR) is 56.3 cm³/mol. The van der Waals surface area contributed by atoms with E-state index in [2.05, 4.69) is 13.2 Å². The third-order valence-corrected chi connectivity index (χ3v) is 1.33. The molecule has 0 spiro atoms. The first-order valence-electron chi connectivity index (χ1n) is 3.92. The molecule has 0 bridgehead atoms. The lowest BCUT2D eigenvalue weighted by Crippen LogP contribution is -1.79. The van der Waals surface area contributed by atoms with Gasteiger partial charge in [0.15, 0.2) is 0 Å². The van der Waals surface area contributed by atoms with E-state index >= 15 is 0 Å². The largest absolute Gasteiger partial charge is 0.192 e. The molecule has 0 radical (unpaired) electrons. The second-order valence-electron chi connectivity index (χ2n) is 2.24. The van der Waals surface area contributed by atoms with Crippen LogP contribution in [-0.2, 0) is 0 Å². The van der Waals surface area contributed by atoms with Gasteiger partial charge in [-0.3, -0.25) is 0 Å². The fraction of sp³-hybridized carbons (Fsp3) is 0. The van der Waals surface area contributed by atoms with Crippen molar-refractivity contribution in [3.05, 3.63) is 60.7 Å². The van der Waals surface area contributed by atoms with Gasteiger partial charge in [-0.25, -0.2) is 0 Å². The van der Waals surface area contributed by atoms with Crippen molar-refractivity contribution in [2.24, 2.45) is 0 Å². The Kier molecular flexibility index (Phi) is 6.12. The molecule has 68 valence electrons. The Morgan fingerprint density at radius 2 is 1.29 bits per heavy atom. The highest BCUT2D eigenvalue weighted by Gasteiger charge is 1.95. The number of nitrogens with zero attached hydrogens (tertiary/aromatic N) is 2. The molecule has 0 atom stereocenters. The molecule has 0 amide bonds. The van der Waals surface area contributed by atoms with Crippen molar-refractivity contribution in [1.82, 2.24) is 0 Å². The molecule has 2 heteroatoms. The van der Waals surface area contributed by atoms with E-state index in [1.807, 2.05) is 12.1 Å². The van der Waals surface area contributed by atoms with Crippen LogP contribution in [0, 0.1) is 22.7 Å². The van der Waals surface area contributed by atoms with Crippen molar-refractivity contribution >= 4 is 0 Å². The molecule has 0 saturated carbocycles. The SMILES string of the molecule is C=CC=C.N#Cc1ccccc1C#N. The molecule has 0 unspecified atom stereocenters. The summed E-state index contributed by atoms with van der Waals surface area (Å²) in [4.78, 5) is 0. The number of rotatable bonds is 1. The topological polar surface area (TPSA) is 47.6 Å². The maximum atomic E-state index is 8.45. The van der Waals surface area contributed by atoms with Gasteiger partial charge in [-0.2, -0.15) is 10.5 Å². The lowest BCUT2D eigenvalue weighted by atomic mass is 10.1. The molecular weight excluding hydrogens is 172 g/mol.